The molecular formula is C13H30N2. The van der Waals surface area contributed by atoms with Crippen molar-refractivity contribution in [2.45, 2.75) is 79.6 Å². The van der Waals surface area contributed by atoms with E-state index in [0.717, 1.165) is 0 Å². The van der Waals surface area contributed by atoms with E-state index in [0.29, 0.717) is 23.7 Å². The molecule has 15 heavy (non-hydrogen) atoms. The van der Waals surface area contributed by atoms with E-state index in [2.05, 4.69) is 59.1 Å². The summed E-state index contributed by atoms with van der Waals surface area (Å²) >= 11 is 0. The van der Waals surface area contributed by atoms with Gasteiger partial charge in [0, 0.05) is 12.1 Å². The molecule has 2 heteroatoms. The Hall–Kier alpha value is -0.0800. The summed E-state index contributed by atoms with van der Waals surface area (Å²) in [5.74, 6) is 0. The molecule has 2 nitrogen and oxygen atoms in total. The summed E-state index contributed by atoms with van der Waals surface area (Å²) in [6.07, 6.45) is 2.76. The second-order valence-electron chi connectivity index (χ2n) is 5.57. The molecule has 0 spiro atoms. The van der Waals surface area contributed by atoms with E-state index < -0.39 is 0 Å². The molecule has 2 N–H and O–H groups in total. The third-order valence-electron chi connectivity index (χ3n) is 3.26. The summed E-state index contributed by atoms with van der Waals surface area (Å²) < 4.78 is 0. The lowest BCUT2D eigenvalue weighted by Gasteiger charge is -2.38. The number of nitrogens with one attached hydrogen (secondary N) is 2. The molecule has 0 rings (SSSR count). The molecule has 2 unspecified atom stereocenters. The summed E-state index contributed by atoms with van der Waals surface area (Å²) in [5, 5.41) is 7.30. The average Bonchev–Trinajstić information content (AvgIpc) is 2.15. The molecule has 0 aliphatic carbocycles. The first-order valence-corrected chi connectivity index (χ1v) is 6.35. The molecule has 0 radical (unpaired) electrons. The second-order valence-corrected chi connectivity index (χ2v) is 5.57. The molecular weight excluding hydrogens is 184 g/mol. The quantitative estimate of drug-likeness (QED) is 0.636. The Morgan fingerprint density at radius 2 is 1.53 bits per heavy atom. The minimum Gasteiger partial charge on any atom is -0.299 e. The highest BCUT2D eigenvalue weighted by Crippen LogP contribution is 2.24. The lowest BCUT2D eigenvalue weighted by molar-refractivity contribution is 0.170. The van der Waals surface area contributed by atoms with Crippen LogP contribution < -0.4 is 10.6 Å². The van der Waals surface area contributed by atoms with Gasteiger partial charge in [-0.15, -0.1) is 0 Å². The third kappa shape index (κ3) is 5.53. The van der Waals surface area contributed by atoms with Crippen molar-refractivity contribution >= 4 is 0 Å². The topological polar surface area (TPSA) is 24.1 Å². The van der Waals surface area contributed by atoms with Crippen LogP contribution in [0, 0.1) is 5.41 Å². The summed E-state index contributed by atoms with van der Waals surface area (Å²) in [5.41, 5.74) is 0.299. The van der Waals surface area contributed by atoms with Gasteiger partial charge in [-0.2, -0.15) is 0 Å². The standard InChI is InChI=1S/C13H30N2/c1-8-11(5)15-12(14-10(3)4)13(6,7)9-2/h10-12,14-15H,8-9H2,1-7H3. The van der Waals surface area contributed by atoms with Crippen LogP contribution in [-0.4, -0.2) is 18.2 Å². The molecule has 0 fully saturated rings. The first kappa shape index (κ1) is 14.9. The van der Waals surface area contributed by atoms with Crippen molar-refractivity contribution in [1.82, 2.24) is 10.6 Å². The molecule has 0 aromatic carbocycles. The lowest BCUT2D eigenvalue weighted by atomic mass is 9.85. The normalized spacial score (nSPS) is 16.8. The molecule has 0 saturated heterocycles. The third-order valence-corrected chi connectivity index (χ3v) is 3.26. The van der Waals surface area contributed by atoms with Crippen LogP contribution >= 0.6 is 0 Å². The van der Waals surface area contributed by atoms with Gasteiger partial charge in [0.2, 0.25) is 0 Å². The highest BCUT2D eigenvalue weighted by molar-refractivity contribution is 4.84. The van der Waals surface area contributed by atoms with Crippen LogP contribution in [0.2, 0.25) is 0 Å². The molecule has 0 bridgehead atoms. The van der Waals surface area contributed by atoms with Crippen molar-refractivity contribution in [2.24, 2.45) is 5.41 Å². The van der Waals surface area contributed by atoms with Crippen LogP contribution in [0.4, 0.5) is 0 Å². The maximum atomic E-state index is 3.68. The fourth-order valence-electron chi connectivity index (χ4n) is 1.44. The van der Waals surface area contributed by atoms with Gasteiger partial charge in [0.05, 0.1) is 6.17 Å². The van der Waals surface area contributed by atoms with Crippen molar-refractivity contribution in [3.05, 3.63) is 0 Å². The molecule has 2 atom stereocenters. The van der Waals surface area contributed by atoms with E-state index in [4.69, 9.17) is 0 Å². The van der Waals surface area contributed by atoms with E-state index in [-0.39, 0.29) is 0 Å². The number of hydrogen-bond donors (Lipinski definition) is 2. The minimum atomic E-state index is 0.299. The van der Waals surface area contributed by atoms with Crippen LogP contribution in [-0.2, 0) is 0 Å². The summed E-state index contributed by atoms with van der Waals surface area (Å²) in [7, 11) is 0. The average molecular weight is 214 g/mol. The van der Waals surface area contributed by atoms with E-state index >= 15 is 0 Å². The molecule has 0 amide bonds. The van der Waals surface area contributed by atoms with E-state index in [1.54, 1.807) is 0 Å². The van der Waals surface area contributed by atoms with Crippen LogP contribution in [0.25, 0.3) is 0 Å². The van der Waals surface area contributed by atoms with Gasteiger partial charge in [-0.25, -0.2) is 0 Å². The van der Waals surface area contributed by atoms with Crippen molar-refractivity contribution in [1.29, 1.82) is 0 Å². The Bertz CT molecular complexity index is 164. The Balaban J connectivity index is 4.43. The van der Waals surface area contributed by atoms with Gasteiger partial charge in [0.1, 0.15) is 0 Å². The molecule has 92 valence electrons. The Morgan fingerprint density at radius 1 is 1.00 bits per heavy atom. The lowest BCUT2D eigenvalue weighted by Crippen LogP contribution is -2.56. The van der Waals surface area contributed by atoms with Crippen LogP contribution in [0.5, 0.6) is 0 Å². The highest BCUT2D eigenvalue weighted by atomic mass is 15.2. The van der Waals surface area contributed by atoms with E-state index in [1.807, 2.05) is 0 Å². The zero-order valence-corrected chi connectivity index (χ0v) is 11.6. The van der Waals surface area contributed by atoms with Crippen molar-refractivity contribution < 1.29 is 0 Å². The van der Waals surface area contributed by atoms with Crippen LogP contribution in [0.15, 0.2) is 0 Å². The van der Waals surface area contributed by atoms with E-state index in [1.165, 1.54) is 12.8 Å². The van der Waals surface area contributed by atoms with E-state index in [9.17, 15) is 0 Å². The number of rotatable bonds is 7. The first-order valence-electron chi connectivity index (χ1n) is 6.35. The van der Waals surface area contributed by atoms with Crippen molar-refractivity contribution in [2.75, 3.05) is 0 Å². The van der Waals surface area contributed by atoms with Gasteiger partial charge in [0.15, 0.2) is 0 Å². The molecule has 0 aromatic rings. The molecule has 0 aliphatic heterocycles. The molecule has 0 aromatic heterocycles. The first-order chi connectivity index (χ1) is 6.83. The predicted octanol–water partition coefficient (Wildman–Crippen LogP) is 3.13. The van der Waals surface area contributed by atoms with Gasteiger partial charge in [-0.1, -0.05) is 27.7 Å². The monoisotopic (exact) mass is 214 g/mol. The van der Waals surface area contributed by atoms with Gasteiger partial charge in [-0.3, -0.25) is 10.6 Å². The van der Waals surface area contributed by atoms with Crippen molar-refractivity contribution in [3.63, 3.8) is 0 Å². The highest BCUT2D eigenvalue weighted by Gasteiger charge is 2.28. The van der Waals surface area contributed by atoms with Crippen LogP contribution in [0.1, 0.15) is 61.3 Å². The fourth-order valence-corrected chi connectivity index (χ4v) is 1.44. The van der Waals surface area contributed by atoms with Crippen molar-refractivity contribution in [3.8, 4) is 0 Å². The maximum Gasteiger partial charge on any atom is 0.0628 e. The zero-order chi connectivity index (χ0) is 12.1. The minimum absolute atomic E-state index is 0.299. The largest absolute Gasteiger partial charge is 0.299 e. The smallest absolute Gasteiger partial charge is 0.0628 e. The molecule has 0 saturated carbocycles. The SMILES string of the molecule is CCC(C)NC(NC(C)C)C(C)(C)CC. The Labute approximate surface area is 96.2 Å². The van der Waals surface area contributed by atoms with Gasteiger partial charge < -0.3 is 0 Å². The van der Waals surface area contributed by atoms with Crippen LogP contribution in [0.3, 0.4) is 0 Å². The maximum absolute atomic E-state index is 3.68. The Kier molecular flexibility index (Phi) is 6.46. The zero-order valence-electron chi connectivity index (χ0n) is 11.6. The summed E-state index contributed by atoms with van der Waals surface area (Å²) in [4.78, 5) is 0. The second kappa shape index (κ2) is 6.49. The number of hydrogen-bond acceptors (Lipinski definition) is 2. The predicted molar refractivity (Wildman–Crippen MR) is 69.0 cm³/mol. The van der Waals surface area contributed by atoms with Gasteiger partial charge in [0.25, 0.3) is 0 Å². The fraction of sp³-hybridized carbons (Fsp3) is 1.00. The van der Waals surface area contributed by atoms with Gasteiger partial charge >= 0.3 is 0 Å². The molecule has 0 aliphatic rings. The van der Waals surface area contributed by atoms with Gasteiger partial charge in [-0.05, 0) is 39.0 Å². The summed E-state index contributed by atoms with van der Waals surface area (Å²) in [6, 6.07) is 1.10. The molecule has 0 heterocycles. The summed E-state index contributed by atoms with van der Waals surface area (Å²) in [6.45, 7) is 15.8. The Morgan fingerprint density at radius 3 is 1.87 bits per heavy atom.